The summed E-state index contributed by atoms with van der Waals surface area (Å²) in [5, 5.41) is 0. The van der Waals surface area contributed by atoms with Gasteiger partial charge in [-0.15, -0.1) is 0 Å². The van der Waals surface area contributed by atoms with E-state index in [1.54, 1.807) is 19.5 Å². The van der Waals surface area contributed by atoms with Gasteiger partial charge in [0.25, 0.3) is 11.8 Å². The van der Waals surface area contributed by atoms with Gasteiger partial charge in [-0.3, -0.25) is 0 Å². The van der Waals surface area contributed by atoms with Crippen molar-refractivity contribution in [3.8, 4) is 5.75 Å². The lowest BCUT2D eigenvalue weighted by molar-refractivity contribution is -0.520. The SMILES string of the molecule is COc1cc(Br)c[n+](Cl)c1. The van der Waals surface area contributed by atoms with Crippen LogP contribution in [0.3, 0.4) is 0 Å². The van der Waals surface area contributed by atoms with Crippen LogP contribution in [0.2, 0.25) is 0 Å². The van der Waals surface area contributed by atoms with Crippen LogP contribution < -0.4 is 8.82 Å². The summed E-state index contributed by atoms with van der Waals surface area (Å²) in [4.78, 5) is 0. The summed E-state index contributed by atoms with van der Waals surface area (Å²) in [6.45, 7) is 0. The van der Waals surface area contributed by atoms with E-state index in [0.29, 0.717) is 0 Å². The molecule has 54 valence electrons. The molecule has 0 fully saturated rings. The van der Waals surface area contributed by atoms with E-state index in [9.17, 15) is 0 Å². The number of hydrogen-bond acceptors (Lipinski definition) is 1. The van der Waals surface area contributed by atoms with Crippen molar-refractivity contribution in [1.29, 1.82) is 0 Å². The molecule has 0 saturated heterocycles. The van der Waals surface area contributed by atoms with Crippen molar-refractivity contribution in [3.63, 3.8) is 0 Å². The summed E-state index contributed by atoms with van der Waals surface area (Å²) in [6.07, 6.45) is 3.40. The monoisotopic (exact) mass is 222 g/mol. The third-order valence-electron chi connectivity index (χ3n) is 1.01. The largest absolute Gasteiger partial charge is 0.491 e. The van der Waals surface area contributed by atoms with Gasteiger partial charge in [-0.1, -0.05) is 4.09 Å². The zero-order valence-electron chi connectivity index (χ0n) is 5.34. The van der Waals surface area contributed by atoms with Gasteiger partial charge in [0.1, 0.15) is 0 Å². The Bertz CT molecular complexity index is 221. The molecule has 0 aliphatic heterocycles. The lowest BCUT2D eigenvalue weighted by Crippen LogP contribution is -2.18. The summed E-state index contributed by atoms with van der Waals surface area (Å²) in [7, 11) is 1.60. The average molecular weight is 223 g/mol. The zero-order chi connectivity index (χ0) is 7.56. The van der Waals surface area contributed by atoms with Crippen LogP contribution in [0.1, 0.15) is 0 Å². The van der Waals surface area contributed by atoms with Crippen molar-refractivity contribution in [2.75, 3.05) is 7.11 Å². The van der Waals surface area contributed by atoms with Gasteiger partial charge in [0.15, 0.2) is 5.75 Å². The highest BCUT2D eigenvalue weighted by Crippen LogP contribution is 2.14. The van der Waals surface area contributed by atoms with Gasteiger partial charge < -0.3 is 4.74 Å². The predicted octanol–water partition coefficient (Wildman–Crippen LogP) is 1.75. The molecule has 0 saturated carbocycles. The van der Waals surface area contributed by atoms with Crippen LogP contribution in [0, 0.1) is 0 Å². The summed E-state index contributed by atoms with van der Waals surface area (Å²) < 4.78 is 7.24. The normalized spacial score (nSPS) is 9.50. The molecule has 1 heterocycles. The molecule has 0 aromatic carbocycles. The number of pyridine rings is 1. The number of aromatic nitrogens is 1. The van der Waals surface area contributed by atoms with E-state index in [4.69, 9.17) is 16.5 Å². The predicted molar refractivity (Wildman–Crippen MR) is 42.1 cm³/mol. The highest BCUT2D eigenvalue weighted by atomic mass is 79.9. The van der Waals surface area contributed by atoms with E-state index in [1.165, 1.54) is 4.09 Å². The van der Waals surface area contributed by atoms with Crippen LogP contribution in [0.15, 0.2) is 22.9 Å². The van der Waals surface area contributed by atoms with Crippen LogP contribution in [0.25, 0.3) is 0 Å². The van der Waals surface area contributed by atoms with Crippen LogP contribution in [0.4, 0.5) is 0 Å². The fourth-order valence-corrected chi connectivity index (χ4v) is 1.36. The van der Waals surface area contributed by atoms with Gasteiger partial charge in [-0.05, 0) is 15.9 Å². The van der Waals surface area contributed by atoms with E-state index in [0.717, 1.165) is 10.2 Å². The molecule has 1 aromatic rings. The molecule has 0 bridgehead atoms. The summed E-state index contributed by atoms with van der Waals surface area (Å²) in [5.41, 5.74) is 0. The molecular formula is C6H6BrClNO+. The van der Waals surface area contributed by atoms with Crippen molar-refractivity contribution in [3.05, 3.63) is 22.9 Å². The number of hydrogen-bond donors (Lipinski definition) is 0. The van der Waals surface area contributed by atoms with Gasteiger partial charge in [0.05, 0.1) is 11.6 Å². The van der Waals surface area contributed by atoms with Crippen LogP contribution in [0.5, 0.6) is 5.75 Å². The quantitative estimate of drug-likeness (QED) is 0.707. The second kappa shape index (κ2) is 3.21. The Morgan fingerprint density at radius 1 is 1.60 bits per heavy atom. The number of halogens is 2. The van der Waals surface area contributed by atoms with Crippen molar-refractivity contribution >= 4 is 27.7 Å². The first-order valence-electron chi connectivity index (χ1n) is 2.64. The third kappa shape index (κ3) is 1.85. The Morgan fingerprint density at radius 3 is 2.80 bits per heavy atom. The van der Waals surface area contributed by atoms with Gasteiger partial charge in [0.2, 0.25) is 12.4 Å². The zero-order valence-corrected chi connectivity index (χ0v) is 7.69. The molecule has 0 aliphatic rings. The minimum absolute atomic E-state index is 0.726. The highest BCUT2D eigenvalue weighted by Gasteiger charge is 2.02. The molecule has 10 heavy (non-hydrogen) atoms. The Morgan fingerprint density at radius 2 is 2.30 bits per heavy atom. The van der Waals surface area contributed by atoms with Crippen molar-refractivity contribution in [2.45, 2.75) is 0 Å². The molecule has 2 nitrogen and oxygen atoms in total. The Balaban J connectivity index is 3.06. The van der Waals surface area contributed by atoms with E-state index < -0.39 is 0 Å². The summed E-state index contributed by atoms with van der Waals surface area (Å²) in [6, 6.07) is 1.83. The van der Waals surface area contributed by atoms with Gasteiger partial charge in [-0.2, -0.15) is 0 Å². The number of rotatable bonds is 1. The summed E-state index contributed by atoms with van der Waals surface area (Å²) >= 11 is 8.90. The van der Waals surface area contributed by atoms with Crippen LogP contribution in [-0.2, 0) is 0 Å². The maximum absolute atomic E-state index is 5.64. The molecule has 1 aromatic heterocycles. The van der Waals surface area contributed by atoms with Gasteiger partial charge >= 0.3 is 0 Å². The number of nitrogens with zero attached hydrogens (tertiary/aromatic N) is 1. The van der Waals surface area contributed by atoms with Gasteiger partial charge in [-0.25, -0.2) is 0 Å². The second-order valence-corrected chi connectivity index (χ2v) is 3.04. The first-order valence-corrected chi connectivity index (χ1v) is 3.77. The molecule has 0 radical (unpaired) electrons. The van der Waals surface area contributed by atoms with Crippen LogP contribution in [-0.4, -0.2) is 7.11 Å². The smallest absolute Gasteiger partial charge is 0.268 e. The topological polar surface area (TPSA) is 13.1 Å². The van der Waals surface area contributed by atoms with E-state index in [-0.39, 0.29) is 0 Å². The average Bonchev–Trinajstić information content (AvgIpc) is 1.85. The third-order valence-corrected chi connectivity index (χ3v) is 1.64. The maximum atomic E-state index is 5.64. The van der Waals surface area contributed by atoms with E-state index >= 15 is 0 Å². The Kier molecular flexibility index (Phi) is 2.51. The Labute approximate surface area is 72.6 Å². The van der Waals surface area contributed by atoms with E-state index in [2.05, 4.69) is 15.9 Å². The van der Waals surface area contributed by atoms with Crippen molar-refractivity contribution < 1.29 is 8.82 Å². The molecule has 0 atom stereocenters. The molecule has 0 unspecified atom stereocenters. The number of methoxy groups -OCH3 is 1. The first kappa shape index (κ1) is 7.82. The maximum Gasteiger partial charge on any atom is 0.268 e. The molecular weight excluding hydrogens is 217 g/mol. The lowest BCUT2D eigenvalue weighted by Gasteiger charge is -1.94. The summed E-state index contributed by atoms with van der Waals surface area (Å²) in [5.74, 6) is 0.726. The van der Waals surface area contributed by atoms with Crippen molar-refractivity contribution in [1.82, 2.24) is 0 Å². The standard InChI is InChI=1S/C6H6BrClNO/c1-10-6-2-5(7)3-9(8)4-6/h2-4H,1H3/q+1. The number of ether oxygens (including phenoxy) is 1. The first-order chi connectivity index (χ1) is 4.72. The molecule has 0 amide bonds. The second-order valence-electron chi connectivity index (χ2n) is 1.74. The lowest BCUT2D eigenvalue weighted by atomic mass is 10.5. The van der Waals surface area contributed by atoms with E-state index in [1.807, 2.05) is 6.07 Å². The molecule has 0 spiro atoms. The fraction of sp³-hybridized carbons (Fsp3) is 0.167. The molecule has 4 heteroatoms. The molecule has 1 rings (SSSR count). The van der Waals surface area contributed by atoms with Gasteiger partial charge in [0, 0.05) is 6.07 Å². The molecule has 0 aliphatic carbocycles. The van der Waals surface area contributed by atoms with Crippen molar-refractivity contribution in [2.24, 2.45) is 0 Å². The minimum atomic E-state index is 0.726. The highest BCUT2D eigenvalue weighted by molar-refractivity contribution is 9.10. The van der Waals surface area contributed by atoms with Crippen LogP contribution >= 0.6 is 27.7 Å². The Hall–Kier alpha value is -0.280. The minimum Gasteiger partial charge on any atom is -0.491 e. The fourth-order valence-electron chi connectivity index (χ4n) is 0.599. The molecule has 0 N–H and O–H groups in total.